The van der Waals surface area contributed by atoms with Crippen LogP contribution in [-0.4, -0.2) is 38.7 Å². The van der Waals surface area contributed by atoms with Crippen LogP contribution in [0.5, 0.6) is 0 Å². The van der Waals surface area contributed by atoms with Gasteiger partial charge in [-0.25, -0.2) is 4.98 Å². The molecule has 0 bridgehead atoms. The molecule has 3 aromatic rings. The molecule has 0 radical (unpaired) electrons. The number of carbonyl (C=O) groups excluding carboxylic acids is 3. The molecule has 7 nitrogen and oxygen atoms in total. The van der Waals surface area contributed by atoms with Gasteiger partial charge in [0.05, 0.1) is 11.1 Å². The van der Waals surface area contributed by atoms with Crippen LogP contribution < -0.4 is 5.32 Å². The van der Waals surface area contributed by atoms with Gasteiger partial charge in [-0.3, -0.25) is 19.3 Å². The predicted molar refractivity (Wildman–Crippen MR) is 127 cm³/mol. The first-order valence-electron chi connectivity index (χ1n) is 11.3. The molecule has 2 aromatic carbocycles. The molecule has 0 aliphatic carbocycles. The Bertz CT molecular complexity index is 1210. The average Bonchev–Trinajstić information content (AvgIpc) is 3.35. The lowest BCUT2D eigenvalue weighted by Gasteiger charge is -2.12. The molecule has 1 N–H and O–H groups in total. The minimum atomic E-state index is -0.332. The smallest absolute Gasteiger partial charge is 0.261 e. The van der Waals surface area contributed by atoms with E-state index >= 15 is 0 Å². The third kappa shape index (κ3) is 4.58. The van der Waals surface area contributed by atoms with Crippen LogP contribution in [0.15, 0.2) is 54.9 Å². The zero-order valence-electron chi connectivity index (χ0n) is 19.2. The molecular weight excluding hydrogens is 416 g/mol. The second-order valence-electron chi connectivity index (χ2n) is 8.60. The summed E-state index contributed by atoms with van der Waals surface area (Å²) in [5.74, 6) is 0.377. The van der Waals surface area contributed by atoms with Gasteiger partial charge in [0.15, 0.2) is 0 Å². The van der Waals surface area contributed by atoms with Crippen molar-refractivity contribution < 1.29 is 14.4 Å². The number of benzene rings is 2. The summed E-state index contributed by atoms with van der Waals surface area (Å²) in [7, 11) is 0. The highest BCUT2D eigenvalue weighted by molar-refractivity contribution is 6.22. The standard InChI is InChI=1S/C26H28N4O3/c1-4-5-12-30-25(32)21-10-9-19(15-22(21)26(30)33)24(31)28-20-8-6-7-18(14-20)16-29-13-11-27-23(29)17(2)3/h6-11,13-15,17H,4-5,12,16H2,1-3H3,(H,28,31). The molecule has 2 heterocycles. The number of carbonyl (C=O) groups is 3. The number of nitrogens with zero attached hydrogens (tertiary/aromatic N) is 3. The molecule has 0 saturated heterocycles. The van der Waals surface area contributed by atoms with Gasteiger partial charge in [-0.1, -0.05) is 39.3 Å². The van der Waals surface area contributed by atoms with Crippen LogP contribution in [-0.2, 0) is 6.54 Å². The van der Waals surface area contributed by atoms with Crippen LogP contribution in [0, 0.1) is 0 Å². The van der Waals surface area contributed by atoms with Crippen LogP contribution in [0.25, 0.3) is 0 Å². The van der Waals surface area contributed by atoms with Gasteiger partial charge in [-0.2, -0.15) is 0 Å². The van der Waals surface area contributed by atoms with Crippen molar-refractivity contribution in [1.82, 2.24) is 14.5 Å². The van der Waals surface area contributed by atoms with Crippen molar-refractivity contribution in [3.63, 3.8) is 0 Å². The van der Waals surface area contributed by atoms with Gasteiger partial charge in [0.2, 0.25) is 0 Å². The summed E-state index contributed by atoms with van der Waals surface area (Å²) in [6.45, 7) is 7.27. The minimum Gasteiger partial charge on any atom is -0.330 e. The molecule has 170 valence electrons. The monoisotopic (exact) mass is 444 g/mol. The molecule has 1 aromatic heterocycles. The maximum atomic E-state index is 12.9. The van der Waals surface area contributed by atoms with Crippen LogP contribution in [0.3, 0.4) is 0 Å². The summed E-state index contributed by atoms with van der Waals surface area (Å²) < 4.78 is 2.10. The minimum absolute atomic E-state index is 0.289. The van der Waals surface area contributed by atoms with Gasteiger partial charge >= 0.3 is 0 Å². The second kappa shape index (κ2) is 9.40. The van der Waals surface area contributed by atoms with E-state index in [-0.39, 0.29) is 17.7 Å². The molecule has 3 amide bonds. The Balaban J connectivity index is 1.49. The van der Waals surface area contributed by atoms with Gasteiger partial charge in [-0.05, 0) is 42.3 Å². The third-order valence-electron chi connectivity index (χ3n) is 5.77. The number of fused-ring (bicyclic) bond motifs is 1. The zero-order valence-corrected chi connectivity index (χ0v) is 19.2. The number of nitrogens with one attached hydrogen (secondary N) is 1. The largest absolute Gasteiger partial charge is 0.330 e. The Hall–Kier alpha value is -3.74. The van der Waals surface area contributed by atoms with E-state index in [9.17, 15) is 14.4 Å². The summed E-state index contributed by atoms with van der Waals surface area (Å²) in [6.07, 6.45) is 5.39. The van der Waals surface area contributed by atoms with E-state index in [1.807, 2.05) is 37.4 Å². The van der Waals surface area contributed by atoms with E-state index in [2.05, 4.69) is 28.7 Å². The van der Waals surface area contributed by atoms with E-state index in [0.29, 0.717) is 41.4 Å². The molecule has 0 fully saturated rings. The van der Waals surface area contributed by atoms with Crippen molar-refractivity contribution in [3.8, 4) is 0 Å². The maximum absolute atomic E-state index is 12.9. The number of imidazole rings is 1. The molecule has 1 aliphatic heterocycles. The van der Waals surface area contributed by atoms with E-state index in [1.165, 1.54) is 11.0 Å². The van der Waals surface area contributed by atoms with E-state index in [0.717, 1.165) is 24.2 Å². The van der Waals surface area contributed by atoms with Crippen molar-refractivity contribution >= 4 is 23.4 Å². The molecule has 4 rings (SSSR count). The van der Waals surface area contributed by atoms with Crippen molar-refractivity contribution in [1.29, 1.82) is 0 Å². The number of rotatable bonds is 8. The number of aromatic nitrogens is 2. The average molecular weight is 445 g/mol. The molecular formula is C26H28N4O3. The fourth-order valence-corrected chi connectivity index (χ4v) is 4.05. The normalized spacial score (nSPS) is 13.0. The Morgan fingerprint density at radius 1 is 1.06 bits per heavy atom. The van der Waals surface area contributed by atoms with E-state index in [4.69, 9.17) is 0 Å². The number of anilines is 1. The quantitative estimate of drug-likeness (QED) is 0.510. The molecule has 1 aliphatic rings. The Labute approximate surface area is 193 Å². The van der Waals surface area contributed by atoms with Crippen LogP contribution in [0.2, 0.25) is 0 Å². The van der Waals surface area contributed by atoms with Gasteiger partial charge < -0.3 is 9.88 Å². The van der Waals surface area contributed by atoms with Crippen molar-refractivity contribution in [2.45, 2.75) is 46.1 Å². The number of amides is 3. The van der Waals surface area contributed by atoms with Crippen molar-refractivity contribution in [2.24, 2.45) is 0 Å². The first-order valence-corrected chi connectivity index (χ1v) is 11.3. The SMILES string of the molecule is CCCCN1C(=O)c2ccc(C(=O)Nc3cccc(Cn4ccnc4C(C)C)c3)cc2C1=O. The molecule has 0 unspecified atom stereocenters. The molecule has 7 heteroatoms. The topological polar surface area (TPSA) is 84.3 Å². The Morgan fingerprint density at radius 3 is 2.61 bits per heavy atom. The highest BCUT2D eigenvalue weighted by atomic mass is 16.2. The summed E-state index contributed by atoms with van der Waals surface area (Å²) in [4.78, 5) is 43.8. The Morgan fingerprint density at radius 2 is 1.85 bits per heavy atom. The lowest BCUT2D eigenvalue weighted by molar-refractivity contribution is 0.0652. The third-order valence-corrected chi connectivity index (χ3v) is 5.77. The summed E-state index contributed by atoms with van der Waals surface area (Å²) in [6, 6.07) is 12.3. The summed E-state index contributed by atoms with van der Waals surface area (Å²) >= 11 is 0. The molecule has 0 spiro atoms. The van der Waals surface area contributed by atoms with Crippen LogP contribution >= 0.6 is 0 Å². The lowest BCUT2D eigenvalue weighted by atomic mass is 10.1. The molecule has 0 atom stereocenters. The Kier molecular flexibility index (Phi) is 6.40. The molecule has 33 heavy (non-hydrogen) atoms. The predicted octanol–water partition coefficient (Wildman–Crippen LogP) is 4.70. The van der Waals surface area contributed by atoms with E-state index < -0.39 is 0 Å². The number of imide groups is 1. The van der Waals surface area contributed by atoms with Gasteiger partial charge in [0.25, 0.3) is 17.7 Å². The number of hydrogen-bond donors (Lipinski definition) is 1. The van der Waals surface area contributed by atoms with Gasteiger partial charge in [0.1, 0.15) is 5.82 Å². The fourth-order valence-electron chi connectivity index (χ4n) is 4.05. The number of hydrogen-bond acceptors (Lipinski definition) is 4. The molecule has 0 saturated carbocycles. The summed E-state index contributed by atoms with van der Waals surface area (Å²) in [5, 5.41) is 2.90. The van der Waals surface area contributed by atoms with E-state index in [1.54, 1.807) is 18.3 Å². The first-order chi connectivity index (χ1) is 15.9. The lowest BCUT2D eigenvalue weighted by Crippen LogP contribution is -2.30. The fraction of sp³-hybridized carbons (Fsp3) is 0.308. The highest BCUT2D eigenvalue weighted by Gasteiger charge is 2.35. The maximum Gasteiger partial charge on any atom is 0.261 e. The van der Waals surface area contributed by atoms with Gasteiger partial charge in [-0.15, -0.1) is 0 Å². The van der Waals surface area contributed by atoms with Crippen LogP contribution in [0.4, 0.5) is 5.69 Å². The zero-order chi connectivity index (χ0) is 23.5. The number of unbranched alkanes of at least 4 members (excludes halogenated alkanes) is 1. The van der Waals surface area contributed by atoms with Crippen LogP contribution in [0.1, 0.15) is 82.0 Å². The second-order valence-corrected chi connectivity index (χ2v) is 8.60. The van der Waals surface area contributed by atoms with Gasteiger partial charge in [0, 0.05) is 42.7 Å². The van der Waals surface area contributed by atoms with Crippen molar-refractivity contribution in [2.75, 3.05) is 11.9 Å². The first kappa shape index (κ1) is 22.5. The van der Waals surface area contributed by atoms with Crippen molar-refractivity contribution in [3.05, 3.63) is 82.9 Å². The highest BCUT2D eigenvalue weighted by Crippen LogP contribution is 2.25. The summed E-state index contributed by atoms with van der Waals surface area (Å²) in [5.41, 5.74) is 2.69.